The number of nitrogens with zero attached hydrogens (tertiary/aromatic N) is 1. The minimum Gasteiger partial charge on any atom is -0.474 e. The van der Waals surface area contributed by atoms with Crippen molar-refractivity contribution in [3.8, 4) is 5.88 Å². The molecule has 3 N–H and O–H groups in total. The second kappa shape index (κ2) is 6.04. The van der Waals surface area contributed by atoms with Gasteiger partial charge in [0.05, 0.1) is 5.56 Å². The predicted molar refractivity (Wildman–Crippen MR) is 77.8 cm³/mol. The summed E-state index contributed by atoms with van der Waals surface area (Å²) in [5.41, 5.74) is 7.75. The van der Waals surface area contributed by atoms with Crippen molar-refractivity contribution in [1.82, 2.24) is 4.98 Å². The number of pyridine rings is 1. The van der Waals surface area contributed by atoms with Gasteiger partial charge in [0.25, 0.3) is 0 Å². The normalized spacial score (nSPS) is 16.6. The van der Waals surface area contributed by atoms with Gasteiger partial charge in [0, 0.05) is 17.6 Å². The molecule has 1 saturated carbocycles. The highest BCUT2D eigenvalue weighted by atomic mass is 16.5. The van der Waals surface area contributed by atoms with Crippen molar-refractivity contribution < 1.29 is 4.74 Å². The lowest BCUT2D eigenvalue weighted by Gasteiger charge is -2.24. The van der Waals surface area contributed by atoms with Crippen LogP contribution in [0.1, 0.15) is 51.5 Å². The summed E-state index contributed by atoms with van der Waals surface area (Å²) in [5.74, 6) is 0.644. The Labute approximate surface area is 114 Å². The van der Waals surface area contributed by atoms with Gasteiger partial charge < -0.3 is 15.9 Å². The average molecular weight is 261 g/mol. The molecule has 4 nitrogen and oxygen atoms in total. The molecule has 1 aromatic heterocycles. The standard InChI is InChI=1S/C15H23N3O/c1-10(2)14(17)13-12(16)8-9-18-15(13)19-11-6-4-3-5-7-11/h8-11,17H,3-7H2,1-2H3,(H2,16,18). The Balaban J connectivity index is 2.23. The SMILES string of the molecule is CC(C)C(=N)c1c(N)ccnc1OC1CCCCC1. The highest BCUT2D eigenvalue weighted by molar-refractivity contribution is 6.05. The molecule has 104 valence electrons. The van der Waals surface area contributed by atoms with Crippen LogP contribution in [0.15, 0.2) is 12.3 Å². The smallest absolute Gasteiger partial charge is 0.224 e. The summed E-state index contributed by atoms with van der Waals surface area (Å²) in [5, 5.41) is 8.18. The summed E-state index contributed by atoms with van der Waals surface area (Å²) in [4.78, 5) is 4.29. The Morgan fingerprint density at radius 1 is 1.37 bits per heavy atom. The first-order valence-corrected chi connectivity index (χ1v) is 7.09. The van der Waals surface area contributed by atoms with E-state index >= 15 is 0 Å². The number of nitrogens with two attached hydrogens (primary N) is 1. The van der Waals surface area contributed by atoms with Crippen LogP contribution >= 0.6 is 0 Å². The first kappa shape index (κ1) is 13.8. The average Bonchev–Trinajstić information content (AvgIpc) is 2.39. The van der Waals surface area contributed by atoms with Crippen LogP contribution in [0.25, 0.3) is 0 Å². The first-order valence-electron chi connectivity index (χ1n) is 7.09. The van der Waals surface area contributed by atoms with Gasteiger partial charge in [-0.25, -0.2) is 4.98 Å². The van der Waals surface area contributed by atoms with E-state index in [9.17, 15) is 0 Å². The van der Waals surface area contributed by atoms with Gasteiger partial charge in [-0.3, -0.25) is 0 Å². The van der Waals surface area contributed by atoms with Gasteiger partial charge in [0.15, 0.2) is 0 Å². The maximum Gasteiger partial charge on any atom is 0.224 e. The topological polar surface area (TPSA) is 72.0 Å². The van der Waals surface area contributed by atoms with Crippen LogP contribution in [0.4, 0.5) is 5.69 Å². The lowest BCUT2D eigenvalue weighted by Crippen LogP contribution is -2.22. The minimum atomic E-state index is 0.111. The predicted octanol–water partition coefficient (Wildman–Crippen LogP) is 3.40. The number of anilines is 1. The van der Waals surface area contributed by atoms with Gasteiger partial charge in [-0.05, 0) is 37.7 Å². The first-order chi connectivity index (χ1) is 9.09. The van der Waals surface area contributed by atoms with Gasteiger partial charge in [0.1, 0.15) is 6.10 Å². The van der Waals surface area contributed by atoms with E-state index in [1.807, 2.05) is 13.8 Å². The second-order valence-corrected chi connectivity index (χ2v) is 5.53. The zero-order valence-electron chi connectivity index (χ0n) is 11.8. The van der Waals surface area contributed by atoms with Gasteiger partial charge in [-0.2, -0.15) is 0 Å². The van der Waals surface area contributed by atoms with Crippen LogP contribution in [0.2, 0.25) is 0 Å². The molecule has 1 heterocycles. The monoisotopic (exact) mass is 261 g/mol. The van der Waals surface area contributed by atoms with Crippen LogP contribution < -0.4 is 10.5 Å². The van der Waals surface area contributed by atoms with Crippen molar-refractivity contribution in [3.05, 3.63) is 17.8 Å². The maximum absolute atomic E-state index is 8.18. The lowest BCUT2D eigenvalue weighted by molar-refractivity contribution is 0.148. The highest BCUT2D eigenvalue weighted by Gasteiger charge is 2.21. The molecule has 1 aliphatic carbocycles. The van der Waals surface area contributed by atoms with Crippen molar-refractivity contribution in [2.75, 3.05) is 5.73 Å². The Hall–Kier alpha value is -1.58. The van der Waals surface area contributed by atoms with Crippen molar-refractivity contribution >= 4 is 11.4 Å². The van der Waals surface area contributed by atoms with E-state index in [4.69, 9.17) is 15.9 Å². The molecule has 0 unspecified atom stereocenters. The molecule has 0 atom stereocenters. The largest absolute Gasteiger partial charge is 0.474 e. The maximum atomic E-state index is 8.18. The van der Waals surface area contributed by atoms with E-state index in [2.05, 4.69) is 4.98 Å². The number of hydrogen-bond donors (Lipinski definition) is 2. The Morgan fingerprint density at radius 2 is 2.05 bits per heavy atom. The molecule has 1 fully saturated rings. The van der Waals surface area contributed by atoms with Crippen LogP contribution in [-0.2, 0) is 0 Å². The summed E-state index contributed by atoms with van der Waals surface area (Å²) < 4.78 is 6.01. The Bertz CT molecular complexity index is 451. The molecule has 0 radical (unpaired) electrons. The van der Waals surface area contributed by atoms with Crippen LogP contribution in [-0.4, -0.2) is 16.8 Å². The fourth-order valence-electron chi connectivity index (χ4n) is 2.45. The molecule has 1 aromatic rings. The van der Waals surface area contributed by atoms with Gasteiger partial charge in [0.2, 0.25) is 5.88 Å². The number of rotatable bonds is 4. The molecule has 19 heavy (non-hydrogen) atoms. The van der Waals surface area contributed by atoms with E-state index in [0.717, 1.165) is 12.8 Å². The zero-order chi connectivity index (χ0) is 13.8. The van der Waals surface area contributed by atoms with Crippen molar-refractivity contribution in [3.63, 3.8) is 0 Å². The minimum absolute atomic E-state index is 0.111. The fraction of sp³-hybridized carbons (Fsp3) is 0.600. The van der Waals surface area contributed by atoms with E-state index in [1.54, 1.807) is 12.3 Å². The van der Waals surface area contributed by atoms with Gasteiger partial charge >= 0.3 is 0 Å². The molecule has 0 bridgehead atoms. The van der Waals surface area contributed by atoms with E-state index in [1.165, 1.54) is 19.3 Å². The molecule has 0 aromatic carbocycles. The Morgan fingerprint density at radius 3 is 2.68 bits per heavy atom. The number of ether oxygens (including phenoxy) is 1. The third-order valence-electron chi connectivity index (χ3n) is 3.63. The van der Waals surface area contributed by atoms with Crippen LogP contribution in [0, 0.1) is 11.3 Å². The Kier molecular flexibility index (Phi) is 4.40. The molecule has 4 heteroatoms. The summed E-state index contributed by atoms with van der Waals surface area (Å²) in [6.45, 7) is 3.97. The fourth-order valence-corrected chi connectivity index (χ4v) is 2.45. The second-order valence-electron chi connectivity index (χ2n) is 5.53. The van der Waals surface area contributed by atoms with Gasteiger partial charge in [-0.15, -0.1) is 0 Å². The summed E-state index contributed by atoms with van der Waals surface area (Å²) >= 11 is 0. The number of nitrogen functional groups attached to an aromatic ring is 1. The van der Waals surface area contributed by atoms with Crippen molar-refractivity contribution in [1.29, 1.82) is 5.41 Å². The number of hydrogen-bond acceptors (Lipinski definition) is 4. The quantitative estimate of drug-likeness (QED) is 0.816. The van der Waals surface area contributed by atoms with E-state index < -0.39 is 0 Å². The van der Waals surface area contributed by atoms with E-state index in [0.29, 0.717) is 22.8 Å². The van der Waals surface area contributed by atoms with Crippen LogP contribution in [0.5, 0.6) is 5.88 Å². The number of nitrogens with one attached hydrogen (secondary N) is 1. The molecule has 0 amide bonds. The van der Waals surface area contributed by atoms with Crippen LogP contribution in [0.3, 0.4) is 0 Å². The summed E-state index contributed by atoms with van der Waals surface area (Å²) in [6.07, 6.45) is 7.74. The summed E-state index contributed by atoms with van der Waals surface area (Å²) in [6, 6.07) is 1.74. The van der Waals surface area contributed by atoms with Gasteiger partial charge in [-0.1, -0.05) is 20.3 Å². The molecule has 1 aliphatic rings. The molecular formula is C15H23N3O. The van der Waals surface area contributed by atoms with Crippen molar-refractivity contribution in [2.24, 2.45) is 5.92 Å². The summed E-state index contributed by atoms with van der Waals surface area (Å²) in [7, 11) is 0. The zero-order valence-corrected chi connectivity index (χ0v) is 11.8. The molecule has 0 spiro atoms. The molecule has 0 saturated heterocycles. The molecule has 2 rings (SSSR count). The lowest BCUT2D eigenvalue weighted by atomic mass is 9.97. The third kappa shape index (κ3) is 3.25. The van der Waals surface area contributed by atoms with Crippen molar-refractivity contribution in [2.45, 2.75) is 52.1 Å². The molecular weight excluding hydrogens is 238 g/mol. The highest BCUT2D eigenvalue weighted by Crippen LogP contribution is 2.28. The molecule has 0 aliphatic heterocycles. The third-order valence-corrected chi connectivity index (χ3v) is 3.63. The number of aromatic nitrogens is 1. The van der Waals surface area contributed by atoms with E-state index in [-0.39, 0.29) is 12.0 Å².